The molecule has 0 bridgehead atoms. The maximum Gasteiger partial charge on any atom is 0.254 e. The Morgan fingerprint density at radius 1 is 1.33 bits per heavy atom. The minimum atomic E-state index is -0.262. The first kappa shape index (κ1) is 16.5. The van der Waals surface area contributed by atoms with E-state index < -0.39 is 0 Å². The predicted octanol–water partition coefficient (Wildman–Crippen LogP) is 2.64. The number of amides is 1. The number of carbonyl (C=O) groups is 1. The van der Waals surface area contributed by atoms with Gasteiger partial charge in [0.15, 0.2) is 10.3 Å². The Morgan fingerprint density at radius 2 is 2.05 bits per heavy atom. The van der Waals surface area contributed by atoms with Gasteiger partial charge in [0.1, 0.15) is 0 Å². The molecule has 21 heavy (non-hydrogen) atoms. The topological polar surface area (TPSA) is 58.1 Å². The third-order valence-corrected chi connectivity index (χ3v) is 4.06. The molecule has 1 aromatic rings. The summed E-state index contributed by atoms with van der Waals surface area (Å²) in [5, 5.41) is 10.3. The Bertz CT molecular complexity index is 492. The first-order chi connectivity index (χ1) is 10.1. The molecule has 1 saturated heterocycles. The highest BCUT2D eigenvalue weighted by Gasteiger charge is 2.16. The van der Waals surface area contributed by atoms with Crippen LogP contribution in [0.5, 0.6) is 0 Å². The van der Waals surface area contributed by atoms with Crippen LogP contribution < -0.4 is 5.32 Å². The van der Waals surface area contributed by atoms with Crippen LogP contribution in [0.3, 0.4) is 0 Å². The molecule has 1 N–H and O–H groups in total. The first-order valence-electron chi connectivity index (χ1n) is 7.25. The number of halogens is 2. The molecule has 7 heteroatoms. The van der Waals surface area contributed by atoms with Crippen molar-refractivity contribution in [2.75, 3.05) is 26.2 Å². The van der Waals surface area contributed by atoms with Crippen LogP contribution in [0.1, 0.15) is 36.5 Å². The van der Waals surface area contributed by atoms with E-state index in [-0.39, 0.29) is 21.8 Å². The molecular weight excluding hydrogens is 311 g/mol. The second-order valence-corrected chi connectivity index (χ2v) is 6.29. The number of aromatic nitrogens is 2. The third kappa shape index (κ3) is 5.09. The highest BCUT2D eigenvalue weighted by atomic mass is 35.5. The van der Waals surface area contributed by atoms with Gasteiger partial charge in [-0.25, -0.2) is 0 Å². The second-order valence-electron chi connectivity index (χ2n) is 5.55. The average molecular weight is 331 g/mol. The van der Waals surface area contributed by atoms with Crippen LogP contribution >= 0.6 is 23.2 Å². The summed E-state index contributed by atoms with van der Waals surface area (Å²) in [6.45, 7) is 6.06. The fourth-order valence-electron chi connectivity index (χ4n) is 2.52. The standard InChI is InChI=1S/C14H20Cl2N4O/c1-10(9-20-5-3-2-4-6-20)8-17-14(21)11-7-12(15)18-19-13(11)16/h7,10H,2-6,8-9H2,1H3,(H,17,21). The van der Waals surface area contributed by atoms with Gasteiger partial charge in [0.05, 0.1) is 5.56 Å². The van der Waals surface area contributed by atoms with Gasteiger partial charge in [-0.3, -0.25) is 4.79 Å². The zero-order chi connectivity index (χ0) is 15.2. The summed E-state index contributed by atoms with van der Waals surface area (Å²) < 4.78 is 0. The minimum Gasteiger partial charge on any atom is -0.352 e. The maximum atomic E-state index is 12.1. The van der Waals surface area contributed by atoms with Crippen LogP contribution in [0, 0.1) is 5.92 Å². The van der Waals surface area contributed by atoms with Crippen LogP contribution in [-0.2, 0) is 0 Å². The smallest absolute Gasteiger partial charge is 0.254 e. The normalized spacial score (nSPS) is 17.5. The quantitative estimate of drug-likeness (QED) is 0.901. The number of hydrogen-bond donors (Lipinski definition) is 1. The molecule has 1 aromatic heterocycles. The van der Waals surface area contributed by atoms with Crippen molar-refractivity contribution >= 4 is 29.1 Å². The maximum absolute atomic E-state index is 12.1. The van der Waals surface area contributed by atoms with Gasteiger partial charge in [0, 0.05) is 13.1 Å². The Hall–Kier alpha value is -0.910. The van der Waals surface area contributed by atoms with Gasteiger partial charge in [-0.2, -0.15) is 0 Å². The number of piperidine rings is 1. The molecule has 1 unspecified atom stereocenters. The zero-order valence-electron chi connectivity index (χ0n) is 12.1. The lowest BCUT2D eigenvalue weighted by atomic mass is 10.1. The van der Waals surface area contributed by atoms with E-state index in [9.17, 15) is 4.79 Å². The van der Waals surface area contributed by atoms with Crippen molar-refractivity contribution in [1.29, 1.82) is 0 Å². The van der Waals surface area contributed by atoms with Gasteiger partial charge in [0.25, 0.3) is 5.91 Å². The van der Waals surface area contributed by atoms with Gasteiger partial charge < -0.3 is 10.2 Å². The van der Waals surface area contributed by atoms with E-state index in [1.165, 1.54) is 25.3 Å². The molecule has 0 spiro atoms. The summed E-state index contributed by atoms with van der Waals surface area (Å²) in [7, 11) is 0. The number of hydrogen-bond acceptors (Lipinski definition) is 4. The molecule has 5 nitrogen and oxygen atoms in total. The lowest BCUT2D eigenvalue weighted by Crippen LogP contribution is -2.38. The number of rotatable bonds is 5. The highest BCUT2D eigenvalue weighted by Crippen LogP contribution is 2.15. The summed E-state index contributed by atoms with van der Waals surface area (Å²) in [6, 6.07) is 1.43. The van der Waals surface area contributed by atoms with Crippen molar-refractivity contribution in [1.82, 2.24) is 20.4 Å². The Balaban J connectivity index is 1.81. The molecule has 1 amide bonds. The molecule has 2 rings (SSSR count). The predicted molar refractivity (Wildman–Crippen MR) is 83.8 cm³/mol. The highest BCUT2D eigenvalue weighted by molar-refractivity contribution is 6.34. The molecule has 1 atom stereocenters. The van der Waals surface area contributed by atoms with E-state index in [2.05, 4.69) is 27.3 Å². The van der Waals surface area contributed by atoms with Gasteiger partial charge in [0.2, 0.25) is 0 Å². The monoisotopic (exact) mass is 330 g/mol. The minimum absolute atomic E-state index is 0.0700. The van der Waals surface area contributed by atoms with Crippen LogP contribution in [-0.4, -0.2) is 47.2 Å². The molecule has 1 aliphatic rings. The molecule has 116 valence electrons. The molecule has 1 aliphatic heterocycles. The van der Waals surface area contributed by atoms with E-state index in [0.717, 1.165) is 19.6 Å². The number of nitrogens with zero attached hydrogens (tertiary/aromatic N) is 3. The molecule has 0 aliphatic carbocycles. The van der Waals surface area contributed by atoms with E-state index in [4.69, 9.17) is 23.2 Å². The Morgan fingerprint density at radius 3 is 2.76 bits per heavy atom. The summed E-state index contributed by atoms with van der Waals surface area (Å²) in [6.07, 6.45) is 3.88. The van der Waals surface area contributed by atoms with Crippen molar-refractivity contribution in [2.24, 2.45) is 5.92 Å². The van der Waals surface area contributed by atoms with E-state index in [1.54, 1.807) is 0 Å². The molecule has 0 aromatic carbocycles. The molecular formula is C14H20Cl2N4O. The number of likely N-dealkylation sites (tertiary alicyclic amines) is 1. The number of carbonyl (C=O) groups excluding carboxylic acids is 1. The molecule has 0 radical (unpaired) electrons. The van der Waals surface area contributed by atoms with E-state index >= 15 is 0 Å². The van der Waals surface area contributed by atoms with Crippen LogP contribution in [0.4, 0.5) is 0 Å². The zero-order valence-corrected chi connectivity index (χ0v) is 13.6. The van der Waals surface area contributed by atoms with Crippen molar-refractivity contribution in [3.8, 4) is 0 Å². The first-order valence-corrected chi connectivity index (χ1v) is 8.01. The van der Waals surface area contributed by atoms with Crippen molar-refractivity contribution in [2.45, 2.75) is 26.2 Å². The van der Waals surface area contributed by atoms with Crippen molar-refractivity contribution < 1.29 is 4.79 Å². The fraction of sp³-hybridized carbons (Fsp3) is 0.643. The number of nitrogens with one attached hydrogen (secondary N) is 1. The summed E-state index contributed by atoms with van der Waals surface area (Å²) in [5.41, 5.74) is 0.266. The van der Waals surface area contributed by atoms with Crippen LogP contribution in [0.2, 0.25) is 10.3 Å². The van der Waals surface area contributed by atoms with Gasteiger partial charge in [-0.1, -0.05) is 36.5 Å². The SMILES string of the molecule is CC(CNC(=O)c1cc(Cl)nnc1Cl)CN1CCCCC1. The molecule has 1 fully saturated rings. The Kier molecular flexibility index (Phi) is 6.21. The van der Waals surface area contributed by atoms with Gasteiger partial charge in [-0.05, 0) is 37.9 Å². The fourth-order valence-corrected chi connectivity index (χ4v) is 2.85. The van der Waals surface area contributed by atoms with Crippen LogP contribution in [0.15, 0.2) is 6.07 Å². The van der Waals surface area contributed by atoms with Crippen LogP contribution in [0.25, 0.3) is 0 Å². The average Bonchev–Trinajstić information content (AvgIpc) is 2.48. The van der Waals surface area contributed by atoms with Gasteiger partial charge >= 0.3 is 0 Å². The summed E-state index contributed by atoms with van der Waals surface area (Å²) >= 11 is 11.6. The largest absolute Gasteiger partial charge is 0.352 e. The van der Waals surface area contributed by atoms with Gasteiger partial charge in [-0.15, -0.1) is 10.2 Å². The van der Waals surface area contributed by atoms with E-state index in [1.807, 2.05) is 0 Å². The Labute approximate surface area is 135 Å². The molecule has 2 heterocycles. The molecule has 0 saturated carbocycles. The lowest BCUT2D eigenvalue weighted by Gasteiger charge is -2.29. The second kappa shape index (κ2) is 7.92. The van der Waals surface area contributed by atoms with Crippen molar-refractivity contribution in [3.05, 3.63) is 21.9 Å². The van der Waals surface area contributed by atoms with Crippen molar-refractivity contribution in [3.63, 3.8) is 0 Å². The summed E-state index contributed by atoms with van der Waals surface area (Å²) in [5.74, 6) is 0.124. The van der Waals surface area contributed by atoms with E-state index in [0.29, 0.717) is 12.5 Å². The lowest BCUT2D eigenvalue weighted by molar-refractivity contribution is 0.0942. The summed E-state index contributed by atoms with van der Waals surface area (Å²) in [4.78, 5) is 14.5. The third-order valence-electron chi connectivity index (χ3n) is 3.59.